The highest BCUT2D eigenvalue weighted by molar-refractivity contribution is 7.88. The minimum absolute atomic E-state index is 0.0945. The fourth-order valence-electron chi connectivity index (χ4n) is 4.25. The molecule has 0 radical (unpaired) electrons. The van der Waals surface area contributed by atoms with Gasteiger partial charge in [-0.3, -0.25) is 4.79 Å². The zero-order valence-electron chi connectivity index (χ0n) is 16.7. The van der Waals surface area contributed by atoms with Crippen LogP contribution in [0.2, 0.25) is 10.0 Å². The molecule has 0 atom stereocenters. The second-order valence-corrected chi connectivity index (χ2v) is 11.0. The standard InChI is InChI=1S/C21H30Cl2N2O3S/c22-19-9-8-16(14-20(19)23)15-29(27,28)25-12-10-17(11-13-25)21(26)24-18-6-4-2-1-3-5-7-18/h8-9,14,17-18H,1-7,10-13,15H2,(H,24,26). The molecule has 0 unspecified atom stereocenters. The molecule has 1 aliphatic heterocycles. The molecule has 5 nitrogen and oxygen atoms in total. The molecule has 2 fully saturated rings. The van der Waals surface area contributed by atoms with Crippen LogP contribution in [-0.2, 0) is 20.6 Å². The normalized spacial score (nSPS) is 20.8. The van der Waals surface area contributed by atoms with E-state index in [-0.39, 0.29) is 23.6 Å². The molecule has 1 saturated carbocycles. The average Bonchev–Trinajstić information content (AvgIpc) is 2.66. The second-order valence-electron chi connectivity index (χ2n) is 8.23. The van der Waals surface area contributed by atoms with Crippen molar-refractivity contribution in [1.29, 1.82) is 0 Å². The molecule has 1 aromatic rings. The Bertz CT molecular complexity index is 800. The zero-order chi connectivity index (χ0) is 20.9. The van der Waals surface area contributed by atoms with Crippen molar-refractivity contribution in [3.8, 4) is 0 Å². The molecule has 162 valence electrons. The molecular weight excluding hydrogens is 431 g/mol. The van der Waals surface area contributed by atoms with Crippen LogP contribution in [0.25, 0.3) is 0 Å². The summed E-state index contributed by atoms with van der Waals surface area (Å²) in [6.07, 6.45) is 9.41. The lowest BCUT2D eigenvalue weighted by Crippen LogP contribution is -2.45. The molecule has 1 N–H and O–H groups in total. The maximum atomic E-state index is 12.8. The average molecular weight is 461 g/mol. The van der Waals surface area contributed by atoms with Crippen molar-refractivity contribution in [2.75, 3.05) is 13.1 Å². The van der Waals surface area contributed by atoms with Gasteiger partial charge in [0.05, 0.1) is 15.8 Å². The maximum absolute atomic E-state index is 12.8. The Hall–Kier alpha value is -0.820. The first kappa shape index (κ1) is 22.9. The molecule has 1 heterocycles. The van der Waals surface area contributed by atoms with Gasteiger partial charge in [0.2, 0.25) is 15.9 Å². The fraction of sp³-hybridized carbons (Fsp3) is 0.667. The van der Waals surface area contributed by atoms with Gasteiger partial charge in [0, 0.05) is 25.0 Å². The fourth-order valence-corrected chi connectivity index (χ4v) is 6.12. The number of hydrogen-bond acceptors (Lipinski definition) is 3. The molecule has 1 aliphatic carbocycles. The van der Waals surface area contributed by atoms with Gasteiger partial charge in [0.1, 0.15) is 0 Å². The molecule has 1 aromatic carbocycles. The number of carbonyl (C=O) groups excluding carboxylic acids is 1. The van der Waals surface area contributed by atoms with Gasteiger partial charge in [-0.1, -0.05) is 61.4 Å². The SMILES string of the molecule is O=C(NC1CCCCCCC1)C1CCN(S(=O)(=O)Cc2ccc(Cl)c(Cl)c2)CC1. The molecule has 29 heavy (non-hydrogen) atoms. The highest BCUT2D eigenvalue weighted by Crippen LogP contribution is 2.26. The van der Waals surface area contributed by atoms with Crippen LogP contribution >= 0.6 is 23.2 Å². The van der Waals surface area contributed by atoms with Gasteiger partial charge in [0.25, 0.3) is 0 Å². The van der Waals surface area contributed by atoms with Gasteiger partial charge in [-0.05, 0) is 43.4 Å². The van der Waals surface area contributed by atoms with Gasteiger partial charge < -0.3 is 5.32 Å². The minimum atomic E-state index is -3.45. The summed E-state index contributed by atoms with van der Waals surface area (Å²) in [6.45, 7) is 0.763. The third-order valence-corrected chi connectivity index (χ3v) is 8.59. The van der Waals surface area contributed by atoms with Crippen LogP contribution in [0.1, 0.15) is 63.4 Å². The molecule has 8 heteroatoms. The predicted molar refractivity (Wildman–Crippen MR) is 118 cm³/mol. The van der Waals surface area contributed by atoms with Crippen LogP contribution in [0.5, 0.6) is 0 Å². The number of halogens is 2. The largest absolute Gasteiger partial charge is 0.353 e. The van der Waals surface area contributed by atoms with Gasteiger partial charge in [0.15, 0.2) is 0 Å². The number of nitrogens with zero attached hydrogens (tertiary/aromatic N) is 1. The van der Waals surface area contributed by atoms with Crippen molar-refractivity contribution in [3.05, 3.63) is 33.8 Å². The van der Waals surface area contributed by atoms with Gasteiger partial charge in [-0.25, -0.2) is 12.7 Å². The number of benzene rings is 1. The molecule has 1 saturated heterocycles. The number of carbonyl (C=O) groups is 1. The van der Waals surface area contributed by atoms with E-state index < -0.39 is 10.0 Å². The summed E-state index contributed by atoms with van der Waals surface area (Å²) in [5, 5.41) is 3.98. The number of rotatable bonds is 5. The number of piperidine rings is 1. The van der Waals surface area contributed by atoms with E-state index in [1.807, 2.05) is 0 Å². The Balaban J connectivity index is 1.50. The summed E-state index contributed by atoms with van der Waals surface area (Å²) >= 11 is 11.9. The molecule has 2 aliphatic rings. The molecule has 3 rings (SSSR count). The molecule has 0 spiro atoms. The summed E-state index contributed by atoms with van der Waals surface area (Å²) in [5.74, 6) is -0.114. The molecule has 0 bridgehead atoms. The van der Waals surface area contributed by atoms with E-state index in [2.05, 4.69) is 5.32 Å². The van der Waals surface area contributed by atoms with E-state index in [1.54, 1.807) is 18.2 Å². The van der Waals surface area contributed by atoms with Crippen molar-refractivity contribution in [3.63, 3.8) is 0 Å². The van der Waals surface area contributed by atoms with Crippen molar-refractivity contribution in [1.82, 2.24) is 9.62 Å². The highest BCUT2D eigenvalue weighted by Gasteiger charge is 2.32. The van der Waals surface area contributed by atoms with Crippen molar-refractivity contribution < 1.29 is 13.2 Å². The zero-order valence-corrected chi connectivity index (χ0v) is 19.0. The van der Waals surface area contributed by atoms with Crippen molar-refractivity contribution >= 4 is 39.1 Å². The quantitative estimate of drug-likeness (QED) is 0.687. The van der Waals surface area contributed by atoms with Crippen LogP contribution in [0, 0.1) is 5.92 Å². The lowest BCUT2D eigenvalue weighted by Gasteiger charge is -2.32. The van der Waals surface area contributed by atoms with Gasteiger partial charge in [-0.15, -0.1) is 0 Å². The van der Waals surface area contributed by atoms with Crippen LogP contribution in [0.15, 0.2) is 18.2 Å². The molecule has 0 aromatic heterocycles. The number of amides is 1. The van der Waals surface area contributed by atoms with E-state index in [1.165, 1.54) is 36.4 Å². The smallest absolute Gasteiger partial charge is 0.223 e. The Morgan fingerprint density at radius 3 is 2.21 bits per heavy atom. The van der Waals surface area contributed by atoms with Gasteiger partial charge in [-0.2, -0.15) is 0 Å². The second kappa shape index (κ2) is 10.5. The number of hydrogen-bond donors (Lipinski definition) is 1. The minimum Gasteiger partial charge on any atom is -0.353 e. The summed E-state index contributed by atoms with van der Waals surface area (Å²) in [4.78, 5) is 12.7. The first-order chi connectivity index (χ1) is 13.8. The number of sulfonamides is 1. The van der Waals surface area contributed by atoms with Gasteiger partial charge >= 0.3 is 0 Å². The first-order valence-electron chi connectivity index (χ1n) is 10.6. The summed E-state index contributed by atoms with van der Waals surface area (Å²) in [7, 11) is -3.45. The summed E-state index contributed by atoms with van der Waals surface area (Å²) < 4.78 is 27.0. The summed E-state index contributed by atoms with van der Waals surface area (Å²) in [5.41, 5.74) is 0.614. The van der Waals surface area contributed by atoms with E-state index >= 15 is 0 Å². The Morgan fingerprint density at radius 2 is 1.59 bits per heavy atom. The third kappa shape index (κ3) is 6.58. The Kier molecular flexibility index (Phi) is 8.25. The topological polar surface area (TPSA) is 66.5 Å². The maximum Gasteiger partial charge on any atom is 0.223 e. The highest BCUT2D eigenvalue weighted by atomic mass is 35.5. The van der Waals surface area contributed by atoms with E-state index in [4.69, 9.17) is 23.2 Å². The van der Waals surface area contributed by atoms with Crippen LogP contribution in [0.4, 0.5) is 0 Å². The first-order valence-corrected chi connectivity index (χ1v) is 12.9. The van der Waals surface area contributed by atoms with E-state index in [9.17, 15) is 13.2 Å². The van der Waals surface area contributed by atoms with E-state index in [0.717, 1.165) is 12.8 Å². The van der Waals surface area contributed by atoms with Crippen LogP contribution < -0.4 is 5.32 Å². The monoisotopic (exact) mass is 460 g/mol. The van der Waals surface area contributed by atoms with Crippen LogP contribution in [0.3, 0.4) is 0 Å². The lowest BCUT2D eigenvalue weighted by atomic mass is 9.94. The summed E-state index contributed by atoms with van der Waals surface area (Å²) in [6, 6.07) is 5.16. The van der Waals surface area contributed by atoms with Crippen molar-refractivity contribution in [2.45, 2.75) is 69.6 Å². The Morgan fingerprint density at radius 1 is 0.966 bits per heavy atom. The Labute approximate surface area is 184 Å². The van der Waals surface area contributed by atoms with E-state index in [0.29, 0.717) is 41.5 Å². The molecule has 1 amide bonds. The third-order valence-electron chi connectivity index (χ3n) is 6.00. The van der Waals surface area contributed by atoms with Crippen LogP contribution in [-0.4, -0.2) is 37.8 Å². The lowest BCUT2D eigenvalue weighted by molar-refractivity contribution is -0.127. The van der Waals surface area contributed by atoms with Crippen molar-refractivity contribution in [2.24, 2.45) is 5.92 Å². The number of nitrogens with one attached hydrogen (secondary N) is 1. The predicted octanol–water partition coefficient (Wildman–Crippen LogP) is 4.76. The molecular formula is C21H30Cl2N2O3S.